The number of hydrogen-bond donors (Lipinski definition) is 1. The van der Waals surface area contributed by atoms with Crippen LogP contribution in [0.1, 0.15) is 11.1 Å². The second-order valence-electron chi connectivity index (χ2n) is 3.91. The Morgan fingerprint density at radius 1 is 1.24 bits per heavy atom. The molecule has 17 heavy (non-hydrogen) atoms. The number of rotatable bonds is 4. The van der Waals surface area contributed by atoms with Crippen LogP contribution >= 0.6 is 0 Å². The molecule has 1 N–H and O–H groups in total. The van der Waals surface area contributed by atoms with Crippen molar-refractivity contribution in [3.63, 3.8) is 0 Å². The fraction of sp³-hybridized carbons (Fsp3) is 0.214. The van der Waals surface area contributed by atoms with Gasteiger partial charge in [0.25, 0.3) is 0 Å². The van der Waals surface area contributed by atoms with Crippen LogP contribution in [0.25, 0.3) is 0 Å². The summed E-state index contributed by atoms with van der Waals surface area (Å²) in [7, 11) is 1.94. The van der Waals surface area contributed by atoms with Gasteiger partial charge in [-0.25, -0.2) is 0 Å². The predicted octanol–water partition coefficient (Wildman–Crippen LogP) is 2.90. The molecule has 0 saturated heterocycles. The van der Waals surface area contributed by atoms with Gasteiger partial charge in [0.05, 0.1) is 6.20 Å². The first kappa shape index (κ1) is 11.6. The molecular formula is C14H16N2O. The van der Waals surface area contributed by atoms with Gasteiger partial charge < -0.3 is 10.1 Å². The normalized spacial score (nSPS) is 10.2. The summed E-state index contributed by atoms with van der Waals surface area (Å²) in [6, 6.07) is 9.85. The maximum Gasteiger partial charge on any atom is 0.145 e. The van der Waals surface area contributed by atoms with E-state index < -0.39 is 0 Å². The Balaban J connectivity index is 2.15. The van der Waals surface area contributed by atoms with E-state index in [9.17, 15) is 0 Å². The second kappa shape index (κ2) is 5.46. The van der Waals surface area contributed by atoms with Crippen molar-refractivity contribution in [2.75, 3.05) is 7.05 Å². The molecule has 0 radical (unpaired) electrons. The number of aromatic nitrogens is 1. The lowest BCUT2D eigenvalue weighted by molar-refractivity contribution is 0.479. The van der Waals surface area contributed by atoms with Gasteiger partial charge in [-0.2, -0.15) is 0 Å². The van der Waals surface area contributed by atoms with Crippen LogP contribution in [-0.2, 0) is 6.54 Å². The number of aryl methyl sites for hydroxylation is 1. The predicted molar refractivity (Wildman–Crippen MR) is 68.3 cm³/mol. The Morgan fingerprint density at radius 2 is 2.12 bits per heavy atom. The van der Waals surface area contributed by atoms with Crippen molar-refractivity contribution in [2.45, 2.75) is 13.5 Å². The number of ether oxygens (including phenoxy) is 1. The lowest BCUT2D eigenvalue weighted by Gasteiger charge is -2.09. The Labute approximate surface area is 101 Å². The molecule has 3 heteroatoms. The van der Waals surface area contributed by atoms with Crippen LogP contribution < -0.4 is 10.1 Å². The summed E-state index contributed by atoms with van der Waals surface area (Å²) in [5.41, 5.74) is 2.51. The minimum absolute atomic E-state index is 0.758. The van der Waals surface area contributed by atoms with Gasteiger partial charge in [-0.15, -0.1) is 0 Å². The fourth-order valence-electron chi connectivity index (χ4n) is 1.66. The van der Waals surface area contributed by atoms with Gasteiger partial charge in [0, 0.05) is 12.7 Å². The van der Waals surface area contributed by atoms with E-state index in [1.807, 2.05) is 31.3 Å². The Bertz CT molecular complexity index is 483. The number of pyridine rings is 1. The van der Waals surface area contributed by atoms with Crippen molar-refractivity contribution in [2.24, 2.45) is 0 Å². The number of benzene rings is 1. The quantitative estimate of drug-likeness (QED) is 0.873. The molecule has 2 aromatic rings. The van der Waals surface area contributed by atoms with E-state index in [0.29, 0.717) is 0 Å². The summed E-state index contributed by atoms with van der Waals surface area (Å²) in [6.07, 6.45) is 3.44. The van der Waals surface area contributed by atoms with Crippen molar-refractivity contribution in [1.82, 2.24) is 10.3 Å². The van der Waals surface area contributed by atoms with Crippen LogP contribution in [0.3, 0.4) is 0 Å². The van der Waals surface area contributed by atoms with Crippen LogP contribution in [0, 0.1) is 6.92 Å². The van der Waals surface area contributed by atoms with Gasteiger partial charge >= 0.3 is 0 Å². The van der Waals surface area contributed by atoms with Gasteiger partial charge in [0.15, 0.2) is 0 Å². The Kier molecular flexibility index (Phi) is 3.73. The summed E-state index contributed by atoms with van der Waals surface area (Å²) in [4.78, 5) is 4.02. The first-order chi connectivity index (χ1) is 8.29. The minimum Gasteiger partial charge on any atom is -0.456 e. The molecule has 1 aromatic carbocycles. The molecule has 0 fully saturated rings. The molecule has 0 aliphatic carbocycles. The maximum atomic E-state index is 5.71. The summed E-state index contributed by atoms with van der Waals surface area (Å²) < 4.78 is 5.71. The lowest BCUT2D eigenvalue weighted by atomic mass is 10.1. The summed E-state index contributed by atoms with van der Waals surface area (Å²) in [6.45, 7) is 2.96. The topological polar surface area (TPSA) is 34.1 Å². The molecule has 0 spiro atoms. The number of nitrogens with zero attached hydrogens (tertiary/aromatic N) is 1. The molecule has 2 rings (SSSR count). The Hall–Kier alpha value is -1.87. The average molecular weight is 228 g/mol. The maximum absolute atomic E-state index is 5.71. The summed E-state index contributed by atoms with van der Waals surface area (Å²) >= 11 is 0. The van der Waals surface area contributed by atoms with Crippen molar-refractivity contribution in [1.29, 1.82) is 0 Å². The molecule has 3 nitrogen and oxygen atoms in total. The summed E-state index contributed by atoms with van der Waals surface area (Å²) in [5.74, 6) is 1.60. The molecule has 1 aromatic heterocycles. The standard InChI is InChI=1S/C14H16N2O/c1-11-8-13(6-5-12(11)9-15-2)17-14-4-3-7-16-10-14/h3-8,10,15H,9H2,1-2H3. The van der Waals surface area contributed by atoms with Crippen LogP contribution in [0.15, 0.2) is 42.7 Å². The largest absolute Gasteiger partial charge is 0.456 e. The average Bonchev–Trinajstić information content (AvgIpc) is 2.34. The highest BCUT2D eigenvalue weighted by atomic mass is 16.5. The van der Waals surface area contributed by atoms with Gasteiger partial charge in [-0.3, -0.25) is 4.98 Å². The Morgan fingerprint density at radius 3 is 2.76 bits per heavy atom. The highest BCUT2D eigenvalue weighted by Gasteiger charge is 2.01. The first-order valence-electron chi connectivity index (χ1n) is 5.61. The zero-order valence-electron chi connectivity index (χ0n) is 10.1. The van der Waals surface area contributed by atoms with Crippen LogP contribution in [0.4, 0.5) is 0 Å². The van der Waals surface area contributed by atoms with E-state index in [-0.39, 0.29) is 0 Å². The molecule has 0 saturated carbocycles. The number of nitrogens with one attached hydrogen (secondary N) is 1. The molecule has 1 heterocycles. The van der Waals surface area contributed by atoms with Crippen LogP contribution in [0.5, 0.6) is 11.5 Å². The van der Waals surface area contributed by atoms with E-state index in [1.54, 1.807) is 12.4 Å². The van der Waals surface area contributed by atoms with Gasteiger partial charge in [0.2, 0.25) is 0 Å². The van der Waals surface area contributed by atoms with E-state index in [0.717, 1.165) is 18.0 Å². The highest BCUT2D eigenvalue weighted by Crippen LogP contribution is 2.22. The summed E-state index contributed by atoms with van der Waals surface area (Å²) in [5, 5.41) is 3.14. The third-order valence-electron chi connectivity index (χ3n) is 2.55. The molecule has 0 amide bonds. The van der Waals surface area contributed by atoms with Crippen LogP contribution in [-0.4, -0.2) is 12.0 Å². The van der Waals surface area contributed by atoms with Crippen molar-refractivity contribution in [3.05, 3.63) is 53.9 Å². The third-order valence-corrected chi connectivity index (χ3v) is 2.55. The third kappa shape index (κ3) is 3.04. The van der Waals surface area contributed by atoms with E-state index >= 15 is 0 Å². The molecule has 0 unspecified atom stereocenters. The zero-order chi connectivity index (χ0) is 12.1. The molecule has 0 aliphatic heterocycles. The van der Waals surface area contributed by atoms with E-state index in [2.05, 4.69) is 23.3 Å². The fourth-order valence-corrected chi connectivity index (χ4v) is 1.66. The van der Waals surface area contributed by atoms with E-state index in [4.69, 9.17) is 4.74 Å². The van der Waals surface area contributed by atoms with Crippen molar-refractivity contribution in [3.8, 4) is 11.5 Å². The smallest absolute Gasteiger partial charge is 0.145 e. The highest BCUT2D eigenvalue weighted by molar-refractivity contribution is 5.37. The molecule has 0 aliphatic rings. The van der Waals surface area contributed by atoms with Gasteiger partial charge in [0.1, 0.15) is 11.5 Å². The second-order valence-corrected chi connectivity index (χ2v) is 3.91. The SMILES string of the molecule is CNCc1ccc(Oc2cccnc2)cc1C. The molecular weight excluding hydrogens is 212 g/mol. The van der Waals surface area contributed by atoms with E-state index in [1.165, 1.54) is 11.1 Å². The first-order valence-corrected chi connectivity index (χ1v) is 5.61. The van der Waals surface area contributed by atoms with Crippen molar-refractivity contribution < 1.29 is 4.74 Å². The monoisotopic (exact) mass is 228 g/mol. The van der Waals surface area contributed by atoms with Gasteiger partial charge in [-0.1, -0.05) is 6.07 Å². The lowest BCUT2D eigenvalue weighted by Crippen LogP contribution is -2.06. The van der Waals surface area contributed by atoms with Crippen LogP contribution in [0.2, 0.25) is 0 Å². The minimum atomic E-state index is 0.758. The molecule has 0 bridgehead atoms. The van der Waals surface area contributed by atoms with Crippen molar-refractivity contribution >= 4 is 0 Å². The molecule has 88 valence electrons. The zero-order valence-corrected chi connectivity index (χ0v) is 10.1. The number of hydrogen-bond acceptors (Lipinski definition) is 3. The van der Waals surface area contributed by atoms with Gasteiger partial charge in [-0.05, 0) is 49.4 Å². The molecule has 0 atom stereocenters.